The van der Waals surface area contributed by atoms with Crippen molar-refractivity contribution in [2.75, 3.05) is 0 Å². The Kier molecular flexibility index (Phi) is 6.88. The molecule has 2 aliphatic rings. The van der Waals surface area contributed by atoms with E-state index < -0.39 is 72.3 Å². The summed E-state index contributed by atoms with van der Waals surface area (Å²) in [6, 6.07) is 0. The molecule has 4 atom stereocenters. The van der Waals surface area contributed by atoms with Crippen molar-refractivity contribution in [3.63, 3.8) is 0 Å². The fourth-order valence-electron chi connectivity index (χ4n) is 4.12. The van der Waals surface area contributed by atoms with Crippen molar-refractivity contribution in [1.82, 2.24) is 0 Å². The zero-order valence-corrected chi connectivity index (χ0v) is 16.9. The van der Waals surface area contributed by atoms with E-state index in [4.69, 9.17) is 0 Å². The molecule has 0 aromatic rings. The highest BCUT2D eigenvalue weighted by Crippen LogP contribution is 2.65. The Labute approximate surface area is 176 Å². The van der Waals surface area contributed by atoms with E-state index in [9.17, 15) is 53.8 Å². The van der Waals surface area contributed by atoms with Crippen LogP contribution in [0.2, 0.25) is 0 Å². The molecular formula is C18H22F10O4. The van der Waals surface area contributed by atoms with E-state index in [1.165, 1.54) is 6.92 Å². The third-order valence-corrected chi connectivity index (χ3v) is 6.16. The minimum atomic E-state index is -6.62. The molecule has 0 bridgehead atoms. The fourth-order valence-corrected chi connectivity index (χ4v) is 4.12. The molecule has 4 nitrogen and oxygen atoms in total. The number of aliphatic hydroxyl groups is 1. The highest BCUT2D eigenvalue weighted by molar-refractivity contribution is 5.72. The number of aliphatic hydroxyl groups excluding tert-OH is 1. The summed E-state index contributed by atoms with van der Waals surface area (Å²) in [5.41, 5.74) is -5.19. The lowest BCUT2D eigenvalue weighted by Gasteiger charge is -2.58. The number of rotatable bonds is 4. The Morgan fingerprint density at radius 1 is 1.00 bits per heavy atom. The van der Waals surface area contributed by atoms with E-state index in [0.717, 1.165) is 6.92 Å². The van der Waals surface area contributed by atoms with Gasteiger partial charge >= 0.3 is 36.0 Å². The number of esters is 1. The van der Waals surface area contributed by atoms with Crippen LogP contribution in [0, 0.1) is 11.8 Å². The number of carbonyl (C=O) groups excluding carboxylic acids is 1. The summed E-state index contributed by atoms with van der Waals surface area (Å²) in [7, 11) is 0. The van der Waals surface area contributed by atoms with Crippen LogP contribution in [0.5, 0.6) is 0 Å². The number of ether oxygens (including phenoxy) is 2. The van der Waals surface area contributed by atoms with Crippen LogP contribution in [-0.2, 0) is 14.3 Å². The van der Waals surface area contributed by atoms with Crippen molar-refractivity contribution in [3.8, 4) is 0 Å². The molecule has 2 fully saturated rings. The maximum Gasteiger partial charge on any atom is 0.462 e. The molecular weight excluding hydrogens is 470 g/mol. The van der Waals surface area contributed by atoms with Gasteiger partial charge in [0.25, 0.3) is 0 Å². The fraction of sp³-hybridized carbons (Fsp3) is 0.944. The van der Waals surface area contributed by atoms with Crippen LogP contribution >= 0.6 is 0 Å². The Morgan fingerprint density at radius 3 is 1.91 bits per heavy atom. The summed E-state index contributed by atoms with van der Waals surface area (Å²) >= 11 is 0. The van der Waals surface area contributed by atoms with E-state index in [1.54, 1.807) is 0 Å². The van der Waals surface area contributed by atoms with E-state index in [1.807, 2.05) is 0 Å². The monoisotopic (exact) mass is 492 g/mol. The molecule has 1 N–H and O–H groups in total. The van der Waals surface area contributed by atoms with E-state index in [-0.39, 0.29) is 25.7 Å². The van der Waals surface area contributed by atoms with Crippen LogP contribution in [0.3, 0.4) is 0 Å². The van der Waals surface area contributed by atoms with Crippen LogP contribution in [-0.4, -0.2) is 52.8 Å². The predicted octanol–water partition coefficient (Wildman–Crippen LogP) is 5.38. The summed E-state index contributed by atoms with van der Waals surface area (Å²) in [6.07, 6.45) is -19.5. The third kappa shape index (κ3) is 3.64. The van der Waals surface area contributed by atoms with Gasteiger partial charge in [-0.3, -0.25) is 4.79 Å². The first-order valence-electron chi connectivity index (χ1n) is 9.83. The van der Waals surface area contributed by atoms with Crippen molar-refractivity contribution in [2.45, 2.75) is 94.1 Å². The maximum atomic E-state index is 14.9. The first kappa shape index (κ1) is 26.9. The second-order valence-electron chi connectivity index (χ2n) is 8.16. The van der Waals surface area contributed by atoms with Crippen LogP contribution in [0.15, 0.2) is 0 Å². The topological polar surface area (TPSA) is 55.8 Å². The minimum Gasteiger partial charge on any atom is -0.418 e. The molecule has 1 aliphatic heterocycles. The molecule has 1 aliphatic carbocycles. The van der Waals surface area contributed by atoms with Gasteiger partial charge in [-0.15, -0.1) is 0 Å². The van der Waals surface area contributed by atoms with Gasteiger partial charge < -0.3 is 14.6 Å². The SMILES string of the molecule is CCC(C)C(=O)OC1(C(F)(F)F)OC(C2CCCCC2)(C(F)(F)F)C(F)(F)C(O)C1(F)F. The molecule has 0 radical (unpaired) electrons. The van der Waals surface area contributed by atoms with Crippen molar-refractivity contribution in [1.29, 1.82) is 0 Å². The first-order valence-corrected chi connectivity index (χ1v) is 9.83. The number of hydrogen-bond acceptors (Lipinski definition) is 4. The average Bonchev–Trinajstić information content (AvgIpc) is 2.67. The molecule has 1 heterocycles. The van der Waals surface area contributed by atoms with Crippen molar-refractivity contribution >= 4 is 5.97 Å². The lowest BCUT2D eigenvalue weighted by Crippen LogP contribution is -2.84. The zero-order valence-electron chi connectivity index (χ0n) is 16.9. The summed E-state index contributed by atoms with van der Waals surface area (Å²) in [5.74, 6) is -23.9. The molecule has 188 valence electrons. The third-order valence-electron chi connectivity index (χ3n) is 6.16. The van der Waals surface area contributed by atoms with Gasteiger partial charge in [0.05, 0.1) is 5.92 Å². The predicted molar refractivity (Wildman–Crippen MR) is 86.7 cm³/mol. The maximum absolute atomic E-state index is 14.9. The smallest absolute Gasteiger partial charge is 0.418 e. The minimum absolute atomic E-state index is 0.125. The second-order valence-corrected chi connectivity index (χ2v) is 8.16. The van der Waals surface area contributed by atoms with Crippen LogP contribution in [0.25, 0.3) is 0 Å². The quantitative estimate of drug-likeness (QED) is 0.423. The summed E-state index contributed by atoms with van der Waals surface area (Å²) in [6.45, 7) is 2.16. The van der Waals surface area contributed by atoms with Crippen LogP contribution in [0.4, 0.5) is 43.9 Å². The number of alkyl halides is 10. The van der Waals surface area contributed by atoms with Crippen molar-refractivity contribution in [3.05, 3.63) is 0 Å². The zero-order chi connectivity index (χ0) is 25.0. The molecule has 0 amide bonds. The molecule has 0 aromatic heterocycles. The number of carbonyl (C=O) groups is 1. The van der Waals surface area contributed by atoms with Crippen molar-refractivity contribution in [2.24, 2.45) is 11.8 Å². The van der Waals surface area contributed by atoms with Gasteiger partial charge in [0.2, 0.25) is 5.60 Å². The number of hydrogen-bond donors (Lipinski definition) is 1. The van der Waals surface area contributed by atoms with E-state index in [2.05, 4.69) is 9.47 Å². The van der Waals surface area contributed by atoms with Gasteiger partial charge in [-0.05, 0) is 19.3 Å². The summed E-state index contributed by atoms with van der Waals surface area (Å²) < 4.78 is 151. The van der Waals surface area contributed by atoms with Gasteiger partial charge in [-0.1, -0.05) is 33.1 Å². The molecule has 32 heavy (non-hydrogen) atoms. The van der Waals surface area contributed by atoms with Gasteiger partial charge in [0, 0.05) is 5.92 Å². The average molecular weight is 492 g/mol. The molecule has 0 spiro atoms. The molecule has 1 saturated heterocycles. The molecule has 14 heteroatoms. The van der Waals surface area contributed by atoms with Gasteiger partial charge in [0.1, 0.15) is 0 Å². The Balaban J connectivity index is 2.85. The normalized spacial score (nSPS) is 34.7. The van der Waals surface area contributed by atoms with Gasteiger partial charge in [-0.2, -0.15) is 43.9 Å². The largest absolute Gasteiger partial charge is 0.462 e. The second kappa shape index (κ2) is 8.17. The standard InChI is InChI=1S/C18H22F10O4/c1-3-9(2)11(29)31-16(18(26,27)28)15(21,22)12(30)14(19,20)13(32-16,17(23,24)25)10-7-5-4-6-8-10/h9-10,12,30H,3-8H2,1-2H3. The lowest BCUT2D eigenvalue weighted by atomic mass is 9.68. The Hall–Kier alpha value is -1.31. The van der Waals surface area contributed by atoms with Gasteiger partial charge in [-0.25, -0.2) is 0 Å². The lowest BCUT2D eigenvalue weighted by molar-refractivity contribution is -0.546. The first-order chi connectivity index (χ1) is 14.3. The van der Waals surface area contributed by atoms with Crippen LogP contribution in [0.1, 0.15) is 52.4 Å². The molecule has 4 unspecified atom stereocenters. The van der Waals surface area contributed by atoms with Gasteiger partial charge in [0.15, 0.2) is 6.10 Å². The molecule has 2 rings (SSSR count). The number of halogens is 10. The highest BCUT2D eigenvalue weighted by atomic mass is 19.4. The molecule has 0 aromatic carbocycles. The van der Waals surface area contributed by atoms with Crippen molar-refractivity contribution < 1.29 is 63.3 Å². The van der Waals surface area contributed by atoms with E-state index in [0.29, 0.717) is 0 Å². The summed E-state index contributed by atoms with van der Waals surface area (Å²) in [4.78, 5) is 12.0. The van der Waals surface area contributed by atoms with Crippen LogP contribution < -0.4 is 0 Å². The van der Waals surface area contributed by atoms with E-state index >= 15 is 0 Å². The summed E-state index contributed by atoms with van der Waals surface area (Å²) in [5, 5.41) is 9.63. The Bertz CT molecular complexity index is 701. The Morgan fingerprint density at radius 2 is 1.50 bits per heavy atom. The highest BCUT2D eigenvalue weighted by Gasteiger charge is 2.93. The molecule has 1 saturated carbocycles.